The fourth-order valence-electron chi connectivity index (χ4n) is 2.89. The molecule has 7 nitrogen and oxygen atoms in total. The highest BCUT2D eigenvalue weighted by Crippen LogP contribution is 2.46. The number of ketones is 1. The van der Waals surface area contributed by atoms with Crippen molar-refractivity contribution in [3.8, 4) is 11.5 Å². The molecule has 1 aromatic heterocycles. The highest BCUT2D eigenvalue weighted by Gasteiger charge is 2.46. The molecule has 2 aromatic rings. The molecule has 2 aliphatic rings. The maximum Gasteiger partial charge on any atom is 0.586 e. The molecular formula is C16H13F2NO6S. The van der Waals surface area contributed by atoms with E-state index in [1.165, 1.54) is 12.3 Å². The Bertz CT molecular complexity index is 1010. The van der Waals surface area contributed by atoms with Crippen LogP contribution in [0.4, 0.5) is 8.78 Å². The van der Waals surface area contributed by atoms with Gasteiger partial charge in [0, 0.05) is 23.3 Å². The zero-order valence-corrected chi connectivity index (χ0v) is 14.3. The van der Waals surface area contributed by atoms with Gasteiger partial charge in [-0.25, -0.2) is 8.42 Å². The van der Waals surface area contributed by atoms with Crippen molar-refractivity contribution in [2.24, 2.45) is 0 Å². The Balaban J connectivity index is 1.83. The Labute approximate surface area is 146 Å². The van der Waals surface area contributed by atoms with Gasteiger partial charge in [0.2, 0.25) is 0 Å². The van der Waals surface area contributed by atoms with Gasteiger partial charge in [-0.2, -0.15) is 0 Å². The molecule has 26 heavy (non-hydrogen) atoms. The number of rotatable bonds is 5. The van der Waals surface area contributed by atoms with Crippen molar-refractivity contribution in [3.05, 3.63) is 40.8 Å². The number of halogens is 2. The van der Waals surface area contributed by atoms with E-state index < -0.39 is 33.4 Å². The molecular weight excluding hydrogens is 372 g/mol. The predicted octanol–water partition coefficient (Wildman–Crippen LogP) is 2.65. The number of fused-ring (bicyclic) bond motifs is 1. The fourth-order valence-corrected chi connectivity index (χ4v) is 3.70. The van der Waals surface area contributed by atoms with E-state index in [2.05, 4.69) is 14.6 Å². The van der Waals surface area contributed by atoms with Crippen LogP contribution in [-0.2, 0) is 15.6 Å². The number of hydrogen-bond donors (Lipinski definition) is 0. The molecule has 0 bridgehead atoms. The smallest absolute Gasteiger partial charge is 0.395 e. The normalized spacial score (nSPS) is 18.1. The average Bonchev–Trinajstić information content (AvgIpc) is 3.15. The molecule has 2 heterocycles. The van der Waals surface area contributed by atoms with Crippen LogP contribution in [0, 0.1) is 0 Å². The van der Waals surface area contributed by atoms with E-state index in [1.54, 1.807) is 0 Å². The number of nitrogens with zero attached hydrogens (tertiary/aromatic N) is 1. The van der Waals surface area contributed by atoms with E-state index >= 15 is 0 Å². The summed E-state index contributed by atoms with van der Waals surface area (Å²) < 4.78 is 64.4. The predicted molar refractivity (Wildman–Crippen MR) is 83.1 cm³/mol. The maximum absolute atomic E-state index is 13.4. The Morgan fingerprint density at radius 3 is 2.65 bits per heavy atom. The first kappa shape index (κ1) is 17.0. The van der Waals surface area contributed by atoms with Gasteiger partial charge in [-0.3, -0.25) is 4.79 Å². The lowest BCUT2D eigenvalue weighted by atomic mass is 9.97. The summed E-state index contributed by atoms with van der Waals surface area (Å²) in [5.41, 5.74) is -0.0522. The summed E-state index contributed by atoms with van der Waals surface area (Å²) in [7, 11) is -3.65. The quantitative estimate of drug-likeness (QED) is 0.730. The van der Waals surface area contributed by atoms with Crippen molar-refractivity contribution in [2.75, 3.05) is 6.26 Å². The summed E-state index contributed by atoms with van der Waals surface area (Å²) in [6.07, 6.45) is -0.0201. The van der Waals surface area contributed by atoms with Crippen LogP contribution in [0.2, 0.25) is 0 Å². The van der Waals surface area contributed by atoms with Crippen LogP contribution in [0.1, 0.15) is 46.0 Å². The van der Waals surface area contributed by atoms with Crippen molar-refractivity contribution in [1.29, 1.82) is 0 Å². The zero-order valence-electron chi connectivity index (χ0n) is 13.5. The number of carbonyl (C=O) groups is 1. The van der Waals surface area contributed by atoms with E-state index in [4.69, 9.17) is 4.52 Å². The molecule has 0 saturated heterocycles. The van der Waals surface area contributed by atoms with E-state index in [-0.39, 0.29) is 28.4 Å². The lowest BCUT2D eigenvalue weighted by molar-refractivity contribution is -0.286. The minimum absolute atomic E-state index is 0.0689. The van der Waals surface area contributed by atoms with Crippen LogP contribution in [0.3, 0.4) is 0 Å². The molecule has 4 rings (SSSR count). The summed E-state index contributed by atoms with van der Waals surface area (Å²) in [5.74, 6) is -1.47. The Kier molecular flexibility index (Phi) is 3.59. The molecule has 1 saturated carbocycles. The monoisotopic (exact) mass is 385 g/mol. The van der Waals surface area contributed by atoms with E-state index in [0.29, 0.717) is 5.76 Å². The van der Waals surface area contributed by atoms with Gasteiger partial charge >= 0.3 is 6.29 Å². The number of benzene rings is 1. The van der Waals surface area contributed by atoms with Crippen LogP contribution in [0.15, 0.2) is 22.9 Å². The minimum atomic E-state index is -3.92. The number of hydrogen-bond acceptors (Lipinski definition) is 7. The molecule has 1 aromatic carbocycles. The van der Waals surface area contributed by atoms with Gasteiger partial charge in [-0.1, -0.05) is 5.16 Å². The number of alkyl halides is 2. The molecule has 0 atom stereocenters. The Hall–Kier alpha value is -2.49. The van der Waals surface area contributed by atoms with Crippen molar-refractivity contribution in [1.82, 2.24) is 5.16 Å². The SMILES string of the molecule is CS(=O)(=O)Cc1c(C(=O)c2cnoc2C2CC2)ccc2c1OC(F)(F)O2. The van der Waals surface area contributed by atoms with E-state index in [1.807, 2.05) is 0 Å². The molecule has 0 radical (unpaired) electrons. The Morgan fingerprint density at radius 2 is 2.00 bits per heavy atom. The summed E-state index contributed by atoms with van der Waals surface area (Å²) in [5, 5.41) is 3.64. The second-order valence-electron chi connectivity index (χ2n) is 6.36. The number of ether oxygens (including phenoxy) is 2. The lowest BCUT2D eigenvalue weighted by Crippen LogP contribution is -2.26. The van der Waals surface area contributed by atoms with Crippen molar-refractivity contribution in [2.45, 2.75) is 30.8 Å². The summed E-state index contributed by atoms with van der Waals surface area (Å²) >= 11 is 0. The standard InChI is InChI=1S/C16H13F2NO6S/c1-26(21,22)7-11-9(4-5-12-15(11)24-16(17,18)23-12)13(20)10-6-19-25-14(10)8-2-3-8/h4-6,8H,2-3,7H2,1H3. The Morgan fingerprint density at radius 1 is 1.27 bits per heavy atom. The topological polar surface area (TPSA) is 95.7 Å². The molecule has 0 amide bonds. The molecule has 10 heteroatoms. The molecule has 0 N–H and O–H groups in total. The third-order valence-corrected chi connectivity index (χ3v) is 4.93. The first-order chi connectivity index (χ1) is 12.1. The average molecular weight is 385 g/mol. The number of carbonyl (C=O) groups excluding carboxylic acids is 1. The highest BCUT2D eigenvalue weighted by atomic mass is 32.2. The molecule has 0 unspecified atom stereocenters. The third-order valence-electron chi connectivity index (χ3n) is 4.12. The molecule has 1 aliphatic heterocycles. The van der Waals surface area contributed by atoms with Crippen molar-refractivity contribution in [3.63, 3.8) is 0 Å². The van der Waals surface area contributed by atoms with Crippen molar-refractivity contribution >= 4 is 15.6 Å². The summed E-state index contributed by atoms with van der Waals surface area (Å²) in [6, 6.07) is 2.40. The largest absolute Gasteiger partial charge is 0.586 e. The first-order valence-corrected chi connectivity index (χ1v) is 9.79. The second-order valence-corrected chi connectivity index (χ2v) is 8.50. The second kappa shape index (κ2) is 5.50. The third kappa shape index (κ3) is 3.05. The fraction of sp³-hybridized carbons (Fsp3) is 0.375. The van der Waals surface area contributed by atoms with Crippen molar-refractivity contribution < 1.29 is 36.0 Å². The van der Waals surface area contributed by atoms with Crippen LogP contribution >= 0.6 is 0 Å². The summed E-state index contributed by atoms with van der Waals surface area (Å²) in [4.78, 5) is 12.9. The van der Waals surface area contributed by atoms with Gasteiger partial charge < -0.3 is 14.0 Å². The van der Waals surface area contributed by atoms with Gasteiger partial charge in [0.1, 0.15) is 0 Å². The highest BCUT2D eigenvalue weighted by molar-refractivity contribution is 7.89. The van der Waals surface area contributed by atoms with Gasteiger partial charge in [0.25, 0.3) is 0 Å². The van der Waals surface area contributed by atoms with Gasteiger partial charge in [0.05, 0.1) is 17.5 Å². The van der Waals surface area contributed by atoms with Crippen LogP contribution in [-0.4, -0.2) is 31.9 Å². The van der Waals surface area contributed by atoms with E-state index in [9.17, 15) is 22.0 Å². The van der Waals surface area contributed by atoms with Crippen LogP contribution in [0.5, 0.6) is 11.5 Å². The summed E-state index contributed by atoms with van der Waals surface area (Å²) in [6.45, 7) is 0. The number of sulfone groups is 1. The molecule has 1 fully saturated rings. The molecule has 1 aliphatic carbocycles. The van der Waals surface area contributed by atoms with Gasteiger partial charge in [-0.15, -0.1) is 8.78 Å². The van der Waals surface area contributed by atoms with Crippen LogP contribution in [0.25, 0.3) is 0 Å². The lowest BCUT2D eigenvalue weighted by Gasteiger charge is -2.11. The van der Waals surface area contributed by atoms with Crippen LogP contribution < -0.4 is 9.47 Å². The molecule has 138 valence electrons. The van der Waals surface area contributed by atoms with Gasteiger partial charge in [-0.05, 0) is 25.0 Å². The minimum Gasteiger partial charge on any atom is -0.395 e. The maximum atomic E-state index is 13.4. The van der Waals surface area contributed by atoms with E-state index in [0.717, 1.165) is 25.2 Å². The number of aromatic nitrogens is 1. The van der Waals surface area contributed by atoms with Gasteiger partial charge in [0.15, 0.2) is 32.9 Å². The molecule has 0 spiro atoms. The zero-order chi connectivity index (χ0) is 18.7. The first-order valence-electron chi connectivity index (χ1n) is 7.73.